The molecule has 0 heterocycles. The van der Waals surface area contributed by atoms with E-state index in [0.29, 0.717) is 33.4 Å². The van der Waals surface area contributed by atoms with Crippen LogP contribution in [0.1, 0.15) is 116 Å². The van der Waals surface area contributed by atoms with Gasteiger partial charge in [0.2, 0.25) is 0 Å². The molecule has 0 aliphatic rings. The van der Waals surface area contributed by atoms with Crippen LogP contribution in [-0.4, -0.2) is 10.2 Å². The molecule has 0 spiro atoms. The molecule has 0 bridgehead atoms. The quantitative estimate of drug-likeness (QED) is 0.335. The maximum absolute atomic E-state index is 11.0. The summed E-state index contributed by atoms with van der Waals surface area (Å²) in [6, 6.07) is 6.47. The molecule has 12 heteroatoms. The Balaban J connectivity index is 0. The normalized spacial score (nSPS) is 13.0. The van der Waals surface area contributed by atoms with Crippen LogP contribution in [0.25, 0.3) is 0 Å². The Morgan fingerprint density at radius 1 is 0.500 bits per heavy atom. The molecule has 0 saturated heterocycles. The molecule has 2 aromatic rings. The third-order valence-corrected chi connectivity index (χ3v) is 7.83. The van der Waals surface area contributed by atoms with Crippen LogP contribution in [0, 0.1) is 0 Å². The van der Waals surface area contributed by atoms with Crippen molar-refractivity contribution in [2.45, 2.75) is 117 Å². The van der Waals surface area contributed by atoms with Gasteiger partial charge in [0, 0.05) is 12.3 Å². The summed E-state index contributed by atoms with van der Waals surface area (Å²) in [6.45, 7) is 23.2. The van der Waals surface area contributed by atoms with Gasteiger partial charge in [-0.15, -0.1) is 0 Å². The van der Waals surface area contributed by atoms with Crippen LogP contribution in [0.2, 0.25) is 0 Å². The summed E-state index contributed by atoms with van der Waals surface area (Å²) in [5.74, 6) is 0.362. The average molecular weight is 727 g/mol. The average Bonchev–Trinajstić information content (AvgIpc) is 2.65. The molecule has 0 atom stereocenters. The number of hydrogen-bond donors (Lipinski definition) is 2. The SMILES string of the molecule is CC(C)(C)c1cc(CP(=O)([O-])[O-])cc(C(C)(C)C)c1O.CC(C)(C)c1cc(CP(=O)([O-])[O-])cc(C(C)(C)C)c1O.[Zn+2].[Zn+2]. The van der Waals surface area contributed by atoms with Crippen LogP contribution in [-0.2, 0) is 82.1 Å². The van der Waals surface area contributed by atoms with Crippen molar-refractivity contribution in [2.75, 3.05) is 0 Å². The molecule has 0 aliphatic heterocycles. The predicted octanol–water partition coefficient (Wildman–Crippen LogP) is 4.80. The van der Waals surface area contributed by atoms with Crippen molar-refractivity contribution < 1.29 is 77.9 Å². The molecule has 2 aromatic carbocycles. The van der Waals surface area contributed by atoms with E-state index >= 15 is 0 Å². The smallest absolute Gasteiger partial charge is 0.810 e. The predicted molar refractivity (Wildman–Crippen MR) is 154 cm³/mol. The monoisotopic (exact) mass is 724 g/mol. The van der Waals surface area contributed by atoms with Crippen LogP contribution in [0.3, 0.4) is 0 Å². The van der Waals surface area contributed by atoms with Crippen LogP contribution in [0.15, 0.2) is 24.3 Å². The number of benzene rings is 2. The molecule has 0 radical (unpaired) electrons. The Labute approximate surface area is 278 Å². The zero-order chi connectivity index (χ0) is 31.9. The maximum Gasteiger partial charge on any atom is 2.00 e. The second-order valence-electron chi connectivity index (χ2n) is 14.6. The zero-order valence-electron chi connectivity index (χ0n) is 27.4. The fourth-order valence-corrected chi connectivity index (χ4v) is 5.56. The van der Waals surface area contributed by atoms with Gasteiger partial charge in [-0.1, -0.05) is 123 Å². The van der Waals surface area contributed by atoms with Gasteiger partial charge in [0.15, 0.2) is 0 Å². The maximum atomic E-state index is 11.0. The van der Waals surface area contributed by atoms with Crippen molar-refractivity contribution in [3.63, 3.8) is 0 Å². The fourth-order valence-electron chi connectivity index (χ4n) is 4.31. The largest absolute Gasteiger partial charge is 2.00 e. The van der Waals surface area contributed by atoms with Gasteiger partial charge in [-0.2, -0.15) is 0 Å². The molecule has 2 rings (SSSR count). The molecular formula is C30H46O8P2Zn2. The Morgan fingerprint density at radius 3 is 0.786 bits per heavy atom. The van der Waals surface area contributed by atoms with E-state index in [0.717, 1.165) is 0 Å². The minimum atomic E-state index is -4.63. The van der Waals surface area contributed by atoms with Gasteiger partial charge in [0.05, 0.1) is 0 Å². The number of phenols is 2. The van der Waals surface area contributed by atoms with Crippen LogP contribution in [0.4, 0.5) is 0 Å². The molecule has 0 unspecified atom stereocenters. The van der Waals surface area contributed by atoms with Crippen molar-refractivity contribution >= 4 is 15.2 Å². The van der Waals surface area contributed by atoms with Crippen molar-refractivity contribution in [1.29, 1.82) is 0 Å². The topological polar surface area (TPSA) is 167 Å². The Hall–Kier alpha value is -0.413. The summed E-state index contributed by atoms with van der Waals surface area (Å²) in [6.07, 6.45) is -1.06. The van der Waals surface area contributed by atoms with Gasteiger partial charge in [0.1, 0.15) is 11.5 Å². The van der Waals surface area contributed by atoms with Crippen LogP contribution >= 0.6 is 15.2 Å². The number of rotatable bonds is 4. The first-order valence-electron chi connectivity index (χ1n) is 13.2. The second-order valence-corrected chi connectivity index (χ2v) is 17.7. The first-order valence-corrected chi connectivity index (χ1v) is 16.6. The van der Waals surface area contributed by atoms with Crippen molar-refractivity contribution in [3.05, 3.63) is 57.6 Å². The Bertz CT molecular complexity index is 1130. The molecular weight excluding hydrogens is 681 g/mol. The number of phenolic OH excluding ortho intramolecular Hbond substituents is 2. The van der Waals surface area contributed by atoms with E-state index in [2.05, 4.69) is 0 Å². The molecule has 0 saturated carbocycles. The first-order chi connectivity index (χ1) is 17.4. The van der Waals surface area contributed by atoms with Crippen molar-refractivity contribution in [3.8, 4) is 11.5 Å². The van der Waals surface area contributed by atoms with Gasteiger partial charge >= 0.3 is 39.0 Å². The van der Waals surface area contributed by atoms with Crippen molar-refractivity contribution in [1.82, 2.24) is 0 Å². The van der Waals surface area contributed by atoms with E-state index in [4.69, 9.17) is 0 Å². The van der Waals surface area contributed by atoms with E-state index in [1.807, 2.05) is 83.1 Å². The summed E-state index contributed by atoms with van der Waals surface area (Å²) in [5.41, 5.74) is 2.16. The summed E-state index contributed by atoms with van der Waals surface area (Å²) in [5, 5.41) is 20.9. The molecule has 8 nitrogen and oxygen atoms in total. The zero-order valence-corrected chi connectivity index (χ0v) is 35.1. The summed E-state index contributed by atoms with van der Waals surface area (Å²) in [7, 11) is -9.26. The van der Waals surface area contributed by atoms with E-state index in [9.17, 15) is 38.9 Å². The number of hydrogen-bond acceptors (Lipinski definition) is 8. The fraction of sp³-hybridized carbons (Fsp3) is 0.600. The molecule has 228 valence electrons. The minimum Gasteiger partial charge on any atom is -0.810 e. The second kappa shape index (κ2) is 14.8. The van der Waals surface area contributed by atoms with E-state index in [-0.39, 0.29) is 72.1 Å². The first kappa shape index (κ1) is 43.7. The Kier molecular flexibility index (Phi) is 15.4. The molecule has 0 amide bonds. The molecule has 0 aliphatic carbocycles. The van der Waals surface area contributed by atoms with Gasteiger partial charge in [0.25, 0.3) is 0 Å². The third kappa shape index (κ3) is 13.7. The minimum absolute atomic E-state index is 0. The van der Waals surface area contributed by atoms with Crippen LogP contribution in [0.5, 0.6) is 11.5 Å². The van der Waals surface area contributed by atoms with E-state index in [1.54, 1.807) is 24.3 Å². The summed E-state index contributed by atoms with van der Waals surface area (Å²) < 4.78 is 22.0. The van der Waals surface area contributed by atoms with Crippen molar-refractivity contribution in [2.24, 2.45) is 0 Å². The van der Waals surface area contributed by atoms with Gasteiger partial charge < -0.3 is 38.9 Å². The molecule has 0 aromatic heterocycles. The Morgan fingerprint density at radius 2 is 0.667 bits per heavy atom. The summed E-state index contributed by atoms with van der Waals surface area (Å²) in [4.78, 5) is 44.1. The molecule has 2 N–H and O–H groups in total. The van der Waals surface area contributed by atoms with E-state index < -0.39 is 27.5 Å². The van der Waals surface area contributed by atoms with Gasteiger partial charge in [-0.25, -0.2) is 0 Å². The van der Waals surface area contributed by atoms with Crippen LogP contribution < -0.4 is 19.6 Å². The number of aromatic hydroxyl groups is 2. The van der Waals surface area contributed by atoms with Gasteiger partial charge in [-0.3, -0.25) is 0 Å². The third-order valence-electron chi connectivity index (χ3n) is 6.32. The standard InChI is InChI=1S/2C15H25O4P.2Zn/c2*1-14(2,3)11-7-10(9-20(17,18)19)8-12(13(11)16)15(4,5)6;;/h2*7-8,16H,9H2,1-6H3,(H2,17,18,19);;/q;;2*+2/p-4. The van der Waals surface area contributed by atoms with E-state index in [1.165, 1.54) is 0 Å². The molecule has 0 fully saturated rings. The summed E-state index contributed by atoms with van der Waals surface area (Å²) >= 11 is 0. The van der Waals surface area contributed by atoms with Gasteiger partial charge in [-0.05, 0) is 55.0 Å². The molecule has 42 heavy (non-hydrogen) atoms.